The zero-order chi connectivity index (χ0) is 28.3. The van der Waals surface area contributed by atoms with Gasteiger partial charge < -0.3 is 25.2 Å². The molecule has 10 nitrogen and oxygen atoms in total. The molecule has 0 bridgehead atoms. The van der Waals surface area contributed by atoms with Crippen molar-refractivity contribution in [1.29, 1.82) is 0 Å². The summed E-state index contributed by atoms with van der Waals surface area (Å²) in [5.41, 5.74) is 3.71. The number of carboxylic acids is 1. The van der Waals surface area contributed by atoms with Gasteiger partial charge in [0.2, 0.25) is 5.43 Å². The van der Waals surface area contributed by atoms with E-state index in [-0.39, 0.29) is 29.3 Å². The van der Waals surface area contributed by atoms with Crippen LogP contribution in [0.15, 0.2) is 35.4 Å². The molecule has 1 aliphatic carbocycles. The van der Waals surface area contributed by atoms with Crippen molar-refractivity contribution < 1.29 is 18.7 Å². The van der Waals surface area contributed by atoms with Crippen LogP contribution in [-0.4, -0.2) is 82.0 Å². The minimum atomic E-state index is -1.45. The molecule has 2 atom stereocenters. The molecule has 3 fully saturated rings. The summed E-state index contributed by atoms with van der Waals surface area (Å²) in [6.07, 6.45) is 4.38. The number of hydrazine groups is 1. The van der Waals surface area contributed by atoms with Gasteiger partial charge >= 0.3 is 5.97 Å². The fourth-order valence-electron chi connectivity index (χ4n) is 6.37. The third-order valence-corrected chi connectivity index (χ3v) is 8.28. The Morgan fingerprint density at radius 2 is 1.70 bits per heavy atom. The van der Waals surface area contributed by atoms with Gasteiger partial charge in [-0.25, -0.2) is 28.6 Å². The highest BCUT2D eigenvalue weighted by atomic mass is 19.1. The number of fused-ring (bicyclic) bond motifs is 1. The molecule has 2 saturated heterocycles. The zero-order valence-electron chi connectivity index (χ0n) is 22.6. The lowest BCUT2D eigenvalue weighted by atomic mass is 10.0. The van der Waals surface area contributed by atoms with Crippen molar-refractivity contribution in [3.63, 3.8) is 0 Å². The first-order valence-corrected chi connectivity index (χ1v) is 13.7. The molecule has 2 unspecified atom stereocenters. The van der Waals surface area contributed by atoms with Gasteiger partial charge in [0.15, 0.2) is 11.6 Å². The number of anilines is 3. The maximum absolute atomic E-state index is 16.3. The van der Waals surface area contributed by atoms with E-state index in [0.29, 0.717) is 25.9 Å². The number of carbonyl (C=O) groups is 1. The Hall–Kier alpha value is -3.77. The van der Waals surface area contributed by atoms with Crippen molar-refractivity contribution in [2.45, 2.75) is 44.8 Å². The van der Waals surface area contributed by atoms with Gasteiger partial charge in [0, 0.05) is 69.8 Å². The number of hydrogen-bond acceptors (Lipinski definition) is 8. The number of piperazine rings is 2. The van der Waals surface area contributed by atoms with Crippen molar-refractivity contribution >= 4 is 34.1 Å². The highest BCUT2D eigenvalue weighted by Gasteiger charge is 2.39. The van der Waals surface area contributed by atoms with Crippen LogP contribution in [0.1, 0.15) is 43.1 Å². The van der Waals surface area contributed by atoms with Crippen LogP contribution in [0.4, 0.5) is 26.0 Å². The predicted octanol–water partition coefficient (Wildman–Crippen LogP) is 2.93. The van der Waals surface area contributed by atoms with E-state index in [0.717, 1.165) is 32.0 Å². The molecule has 212 valence electrons. The molecule has 1 saturated carbocycles. The number of nitrogens with two attached hydrogens (primary N) is 1. The molecule has 3 N–H and O–H groups in total. The minimum Gasteiger partial charge on any atom is -0.477 e. The number of rotatable bonds is 5. The standard InChI is InChI=1S/C28H33F2N7O3/c1-16-13-34(14-17(2)37(16)35-11-9-33(10-12-35)20-5-3-4-8-32-20)26-22(29)24(31)21-25(23(26)30)36(18-6-7-18)15-19(27(21)38)28(39)40/h3-5,8,15-18H,6-7,9-14,31H2,1-2H3,(H,39,40). The summed E-state index contributed by atoms with van der Waals surface area (Å²) in [4.78, 5) is 33.1. The summed E-state index contributed by atoms with van der Waals surface area (Å²) in [5, 5.41) is 13.7. The first-order chi connectivity index (χ1) is 19.2. The molecule has 0 spiro atoms. The third kappa shape index (κ3) is 4.35. The van der Waals surface area contributed by atoms with Gasteiger partial charge in [0.05, 0.1) is 16.6 Å². The van der Waals surface area contributed by atoms with Crippen molar-refractivity contribution in [2.24, 2.45) is 0 Å². The summed E-state index contributed by atoms with van der Waals surface area (Å²) in [6.45, 7) is 8.01. The molecular weight excluding hydrogens is 520 g/mol. The molecule has 2 aliphatic heterocycles. The second-order valence-corrected chi connectivity index (χ2v) is 11.0. The van der Waals surface area contributed by atoms with Crippen LogP contribution in [0.5, 0.6) is 0 Å². The molecule has 4 heterocycles. The Balaban J connectivity index is 1.30. The number of carboxylic acid groups (broad SMARTS) is 1. The van der Waals surface area contributed by atoms with E-state index in [1.807, 2.05) is 32.0 Å². The minimum absolute atomic E-state index is 0.0547. The average Bonchev–Trinajstić information content (AvgIpc) is 3.78. The number of aromatic carboxylic acids is 1. The topological polar surface area (TPSA) is 111 Å². The maximum Gasteiger partial charge on any atom is 0.341 e. The second-order valence-electron chi connectivity index (χ2n) is 11.0. The quantitative estimate of drug-likeness (QED) is 0.461. The fourth-order valence-corrected chi connectivity index (χ4v) is 6.37. The van der Waals surface area contributed by atoms with Gasteiger partial charge in [-0.3, -0.25) is 4.79 Å². The molecule has 0 radical (unpaired) electrons. The van der Waals surface area contributed by atoms with Crippen LogP contribution in [0.3, 0.4) is 0 Å². The van der Waals surface area contributed by atoms with E-state index < -0.39 is 39.7 Å². The average molecular weight is 554 g/mol. The highest BCUT2D eigenvalue weighted by molar-refractivity contribution is 5.99. The monoisotopic (exact) mass is 553 g/mol. The van der Waals surface area contributed by atoms with Crippen molar-refractivity contribution in [3.8, 4) is 0 Å². The lowest BCUT2D eigenvalue weighted by molar-refractivity contribution is -0.0946. The smallest absolute Gasteiger partial charge is 0.341 e. The van der Waals surface area contributed by atoms with Crippen molar-refractivity contribution in [3.05, 3.63) is 58.0 Å². The normalized spacial score (nSPS) is 22.7. The summed E-state index contributed by atoms with van der Waals surface area (Å²) < 4.78 is 33.6. The van der Waals surface area contributed by atoms with Gasteiger partial charge in [-0.2, -0.15) is 0 Å². The Labute approximate surface area is 230 Å². The SMILES string of the molecule is CC1CN(c2c(F)c(N)c3c(=O)c(C(=O)O)cn(C4CC4)c3c2F)CC(C)N1N1CCN(c2ccccn2)CC1. The maximum atomic E-state index is 16.3. The number of nitrogen functional groups attached to an aromatic ring is 1. The molecule has 0 amide bonds. The first-order valence-electron chi connectivity index (χ1n) is 13.7. The third-order valence-electron chi connectivity index (χ3n) is 8.28. The summed E-state index contributed by atoms with van der Waals surface area (Å²) in [6, 6.07) is 5.61. The Morgan fingerprint density at radius 3 is 2.27 bits per heavy atom. The Kier molecular flexibility index (Phi) is 6.62. The number of benzene rings is 1. The van der Waals surface area contributed by atoms with Crippen LogP contribution < -0.4 is 21.0 Å². The van der Waals surface area contributed by atoms with Gasteiger partial charge in [-0.15, -0.1) is 0 Å². The Morgan fingerprint density at radius 1 is 1.02 bits per heavy atom. The van der Waals surface area contributed by atoms with Gasteiger partial charge in [-0.1, -0.05) is 6.07 Å². The van der Waals surface area contributed by atoms with Crippen LogP contribution in [0, 0.1) is 11.6 Å². The van der Waals surface area contributed by atoms with E-state index in [1.54, 1.807) is 11.1 Å². The van der Waals surface area contributed by atoms with Gasteiger partial charge in [0.1, 0.15) is 17.1 Å². The summed E-state index contributed by atoms with van der Waals surface area (Å²) in [7, 11) is 0. The Bertz CT molecular complexity index is 1510. The molecule has 2 aromatic heterocycles. The number of halogens is 2. The molecular formula is C28H33F2N7O3. The van der Waals surface area contributed by atoms with Crippen molar-refractivity contribution in [1.82, 2.24) is 19.6 Å². The zero-order valence-corrected chi connectivity index (χ0v) is 22.6. The van der Waals surface area contributed by atoms with Crippen molar-refractivity contribution in [2.75, 3.05) is 54.8 Å². The van der Waals surface area contributed by atoms with E-state index in [9.17, 15) is 14.7 Å². The fraction of sp³-hybridized carbons (Fsp3) is 0.464. The van der Waals surface area contributed by atoms with E-state index in [2.05, 4.69) is 19.9 Å². The molecule has 3 aromatic rings. The van der Waals surface area contributed by atoms with Crippen LogP contribution >= 0.6 is 0 Å². The van der Waals surface area contributed by atoms with Crippen LogP contribution in [0.2, 0.25) is 0 Å². The lowest BCUT2D eigenvalue weighted by Crippen LogP contribution is -2.65. The second kappa shape index (κ2) is 10.0. The molecule has 40 heavy (non-hydrogen) atoms. The largest absolute Gasteiger partial charge is 0.477 e. The van der Waals surface area contributed by atoms with Gasteiger partial charge in [-0.05, 0) is 38.8 Å². The first kappa shape index (κ1) is 26.5. The van der Waals surface area contributed by atoms with E-state index in [4.69, 9.17) is 5.73 Å². The summed E-state index contributed by atoms with van der Waals surface area (Å²) >= 11 is 0. The molecule has 1 aromatic carbocycles. The van der Waals surface area contributed by atoms with E-state index in [1.165, 1.54) is 10.8 Å². The van der Waals surface area contributed by atoms with Crippen LogP contribution in [-0.2, 0) is 0 Å². The lowest BCUT2D eigenvalue weighted by Gasteiger charge is -2.52. The van der Waals surface area contributed by atoms with Gasteiger partial charge in [0.25, 0.3) is 0 Å². The molecule has 6 rings (SSSR count). The number of aromatic nitrogens is 2. The highest BCUT2D eigenvalue weighted by Crippen LogP contribution is 2.42. The number of pyridine rings is 2. The molecule has 3 aliphatic rings. The van der Waals surface area contributed by atoms with Crippen LogP contribution in [0.25, 0.3) is 10.9 Å². The van der Waals surface area contributed by atoms with E-state index >= 15 is 8.78 Å². The molecule has 12 heteroatoms. The summed E-state index contributed by atoms with van der Waals surface area (Å²) in [5.74, 6) is -2.40. The number of nitrogens with zero attached hydrogens (tertiary/aromatic N) is 6. The number of hydrogen-bond donors (Lipinski definition) is 2. The predicted molar refractivity (Wildman–Crippen MR) is 149 cm³/mol.